The van der Waals surface area contributed by atoms with Gasteiger partial charge in [0.15, 0.2) is 17.5 Å². The molecule has 0 spiro atoms. The number of hydrogen-bond acceptors (Lipinski definition) is 3. The summed E-state index contributed by atoms with van der Waals surface area (Å²) in [5.41, 5.74) is 1.41. The zero-order valence-corrected chi connectivity index (χ0v) is 17.2. The Morgan fingerprint density at radius 3 is 2.54 bits per heavy atom. The minimum absolute atomic E-state index is 0. The van der Waals surface area contributed by atoms with Crippen LogP contribution in [0.2, 0.25) is 0 Å². The number of rotatable bonds is 7. The Morgan fingerprint density at radius 1 is 1.29 bits per heavy atom. The zero-order chi connectivity index (χ0) is 16.7. The summed E-state index contributed by atoms with van der Waals surface area (Å²) < 4.78 is 5.06. The summed E-state index contributed by atoms with van der Waals surface area (Å²) in [5.74, 6) is 1.47. The summed E-state index contributed by atoms with van der Waals surface area (Å²) in [5, 5.41) is 16.6. The van der Waals surface area contributed by atoms with Gasteiger partial charge in [-0.3, -0.25) is 0 Å². The van der Waals surface area contributed by atoms with E-state index in [2.05, 4.69) is 29.5 Å². The number of phenolic OH excluding ortho intramolecular Hbond substituents is 1. The van der Waals surface area contributed by atoms with Gasteiger partial charge in [-0.15, -0.1) is 24.0 Å². The number of phenols is 1. The van der Waals surface area contributed by atoms with Gasteiger partial charge in [-0.05, 0) is 49.3 Å². The fraction of sp³-hybridized carbons (Fsp3) is 0.611. The molecule has 2 rings (SSSR count). The summed E-state index contributed by atoms with van der Waals surface area (Å²) in [6.45, 7) is 6.66. The van der Waals surface area contributed by atoms with Gasteiger partial charge in [0.2, 0.25) is 0 Å². The Kier molecular flexibility index (Phi) is 8.66. The van der Waals surface area contributed by atoms with Gasteiger partial charge in [0.25, 0.3) is 0 Å². The van der Waals surface area contributed by atoms with E-state index < -0.39 is 0 Å². The molecule has 1 fully saturated rings. The maximum absolute atomic E-state index is 9.84. The van der Waals surface area contributed by atoms with Gasteiger partial charge < -0.3 is 20.5 Å². The molecule has 1 aromatic rings. The van der Waals surface area contributed by atoms with Gasteiger partial charge in [0.1, 0.15) is 0 Å². The summed E-state index contributed by atoms with van der Waals surface area (Å²) in [7, 11) is 1.55. The van der Waals surface area contributed by atoms with E-state index in [1.54, 1.807) is 19.2 Å². The average Bonchev–Trinajstić information content (AvgIpc) is 2.52. The van der Waals surface area contributed by atoms with E-state index in [1.165, 1.54) is 25.7 Å². The van der Waals surface area contributed by atoms with E-state index in [9.17, 15) is 5.11 Å². The smallest absolute Gasteiger partial charge is 0.191 e. The molecular formula is C18H30IN3O2. The van der Waals surface area contributed by atoms with Crippen LogP contribution in [0.15, 0.2) is 23.2 Å². The number of aromatic hydroxyl groups is 1. The molecule has 0 aliphatic heterocycles. The molecule has 1 aliphatic rings. The number of benzene rings is 1. The van der Waals surface area contributed by atoms with Crippen LogP contribution in [0.1, 0.15) is 45.1 Å². The first-order chi connectivity index (χ1) is 11.1. The van der Waals surface area contributed by atoms with Crippen LogP contribution in [0.5, 0.6) is 11.5 Å². The highest BCUT2D eigenvalue weighted by Crippen LogP contribution is 2.42. The number of nitrogens with one attached hydrogen (secondary N) is 2. The molecule has 6 heteroatoms. The standard InChI is InChI=1S/C18H29N3O2.HI/c1-4-18(9-6-10-18)13-21-17(19-5-2)20-12-14-7-8-16(23-3)15(22)11-14;/h7-8,11,22H,4-6,9-10,12-13H2,1-3H3,(H2,19,20,21);1H. The summed E-state index contributed by atoms with van der Waals surface area (Å²) >= 11 is 0. The zero-order valence-electron chi connectivity index (χ0n) is 14.9. The van der Waals surface area contributed by atoms with Gasteiger partial charge in [-0.25, -0.2) is 4.99 Å². The van der Waals surface area contributed by atoms with E-state index in [4.69, 9.17) is 4.74 Å². The van der Waals surface area contributed by atoms with Crippen LogP contribution in [0.3, 0.4) is 0 Å². The molecular weight excluding hydrogens is 417 g/mol. The van der Waals surface area contributed by atoms with Crippen molar-refractivity contribution in [2.24, 2.45) is 10.4 Å². The molecule has 0 heterocycles. The molecule has 1 aliphatic carbocycles. The highest BCUT2D eigenvalue weighted by molar-refractivity contribution is 14.0. The molecule has 136 valence electrons. The van der Waals surface area contributed by atoms with E-state index in [0.29, 0.717) is 17.7 Å². The Bertz CT molecular complexity index is 540. The lowest BCUT2D eigenvalue weighted by Gasteiger charge is -2.41. The Labute approximate surface area is 162 Å². The lowest BCUT2D eigenvalue weighted by atomic mass is 9.67. The Hall–Kier alpha value is -1.18. The first-order valence-electron chi connectivity index (χ1n) is 8.50. The highest BCUT2D eigenvalue weighted by atomic mass is 127. The normalized spacial score (nSPS) is 15.9. The molecule has 1 saturated carbocycles. The van der Waals surface area contributed by atoms with Crippen LogP contribution in [0, 0.1) is 5.41 Å². The van der Waals surface area contributed by atoms with E-state index in [-0.39, 0.29) is 29.7 Å². The maximum atomic E-state index is 9.84. The third kappa shape index (κ3) is 5.43. The van der Waals surface area contributed by atoms with Crippen LogP contribution < -0.4 is 15.4 Å². The van der Waals surface area contributed by atoms with Crippen molar-refractivity contribution in [2.75, 3.05) is 20.2 Å². The second-order valence-corrected chi connectivity index (χ2v) is 6.26. The quantitative estimate of drug-likeness (QED) is 0.339. The average molecular weight is 447 g/mol. The lowest BCUT2D eigenvalue weighted by Crippen LogP contribution is -2.46. The SMILES string of the molecule is CCNC(=NCc1ccc(OC)c(O)c1)NCC1(CC)CCC1.I. The molecule has 0 bridgehead atoms. The molecule has 3 N–H and O–H groups in total. The fourth-order valence-corrected chi connectivity index (χ4v) is 2.95. The Balaban J connectivity index is 0.00000288. The predicted molar refractivity (Wildman–Crippen MR) is 109 cm³/mol. The highest BCUT2D eigenvalue weighted by Gasteiger charge is 2.34. The van der Waals surface area contributed by atoms with Gasteiger partial charge in [-0.1, -0.05) is 19.4 Å². The summed E-state index contributed by atoms with van der Waals surface area (Å²) in [6.07, 6.45) is 5.17. The molecule has 0 amide bonds. The van der Waals surface area contributed by atoms with Gasteiger partial charge in [0.05, 0.1) is 13.7 Å². The lowest BCUT2D eigenvalue weighted by molar-refractivity contribution is 0.131. The Morgan fingerprint density at radius 2 is 2.04 bits per heavy atom. The number of methoxy groups -OCH3 is 1. The largest absolute Gasteiger partial charge is 0.504 e. The van der Waals surface area contributed by atoms with E-state index in [1.807, 2.05) is 6.07 Å². The number of aliphatic imine (C=N–C) groups is 1. The third-order valence-corrected chi connectivity index (χ3v) is 4.80. The number of halogens is 1. The number of ether oxygens (including phenoxy) is 1. The number of nitrogens with zero attached hydrogens (tertiary/aromatic N) is 1. The van der Waals surface area contributed by atoms with Gasteiger partial charge in [-0.2, -0.15) is 0 Å². The molecule has 0 radical (unpaired) electrons. The molecule has 0 unspecified atom stereocenters. The predicted octanol–water partition coefficient (Wildman–Crippen LogP) is 3.65. The van der Waals surface area contributed by atoms with Crippen LogP contribution in [0.4, 0.5) is 0 Å². The molecule has 5 nitrogen and oxygen atoms in total. The molecule has 0 saturated heterocycles. The summed E-state index contributed by atoms with van der Waals surface area (Å²) in [6, 6.07) is 5.39. The molecule has 0 aromatic heterocycles. The van der Waals surface area contributed by atoms with Crippen molar-refractivity contribution in [3.05, 3.63) is 23.8 Å². The van der Waals surface area contributed by atoms with Crippen LogP contribution in [-0.2, 0) is 6.54 Å². The van der Waals surface area contributed by atoms with Crippen LogP contribution in [-0.4, -0.2) is 31.3 Å². The summed E-state index contributed by atoms with van der Waals surface area (Å²) in [4.78, 5) is 4.62. The van der Waals surface area contributed by atoms with E-state index >= 15 is 0 Å². The monoisotopic (exact) mass is 447 g/mol. The second kappa shape index (κ2) is 9.96. The molecule has 24 heavy (non-hydrogen) atoms. The van der Waals surface area contributed by atoms with Crippen molar-refractivity contribution in [1.29, 1.82) is 0 Å². The minimum Gasteiger partial charge on any atom is -0.504 e. The van der Waals surface area contributed by atoms with Crippen molar-refractivity contribution in [2.45, 2.75) is 46.1 Å². The van der Waals surface area contributed by atoms with Crippen LogP contribution >= 0.6 is 24.0 Å². The van der Waals surface area contributed by atoms with Crippen LogP contribution in [0.25, 0.3) is 0 Å². The minimum atomic E-state index is 0. The first kappa shape index (κ1) is 20.9. The van der Waals surface area contributed by atoms with Gasteiger partial charge >= 0.3 is 0 Å². The second-order valence-electron chi connectivity index (χ2n) is 6.26. The maximum Gasteiger partial charge on any atom is 0.191 e. The fourth-order valence-electron chi connectivity index (χ4n) is 2.95. The van der Waals surface area contributed by atoms with E-state index in [0.717, 1.165) is 24.6 Å². The molecule has 1 aromatic carbocycles. The number of guanidine groups is 1. The first-order valence-corrected chi connectivity index (χ1v) is 8.50. The number of hydrogen-bond donors (Lipinski definition) is 3. The van der Waals surface area contributed by atoms with Crippen molar-refractivity contribution in [3.8, 4) is 11.5 Å². The molecule has 0 atom stereocenters. The van der Waals surface area contributed by atoms with Crippen molar-refractivity contribution in [3.63, 3.8) is 0 Å². The van der Waals surface area contributed by atoms with Gasteiger partial charge in [0, 0.05) is 13.1 Å². The van der Waals surface area contributed by atoms with Crippen molar-refractivity contribution in [1.82, 2.24) is 10.6 Å². The van der Waals surface area contributed by atoms with Crippen molar-refractivity contribution >= 4 is 29.9 Å². The topological polar surface area (TPSA) is 65.9 Å². The third-order valence-electron chi connectivity index (χ3n) is 4.80. The van der Waals surface area contributed by atoms with Crippen molar-refractivity contribution < 1.29 is 9.84 Å².